The smallest absolute Gasteiger partial charge is 0.309 e. The Hall–Kier alpha value is -4.08. The van der Waals surface area contributed by atoms with Crippen LogP contribution in [0.4, 0.5) is 17.6 Å². The molecule has 4 aromatic heterocycles. The van der Waals surface area contributed by atoms with Crippen LogP contribution in [0.25, 0.3) is 11.0 Å². The first kappa shape index (κ1) is 21.7. The van der Waals surface area contributed by atoms with Crippen molar-refractivity contribution in [3.05, 3.63) is 69.7 Å². The number of halogens is 4. The maximum atomic E-state index is 13.4. The molecule has 0 bridgehead atoms. The van der Waals surface area contributed by atoms with Gasteiger partial charge in [-0.2, -0.15) is 28.6 Å². The zero-order valence-corrected chi connectivity index (χ0v) is 17.6. The summed E-state index contributed by atoms with van der Waals surface area (Å²) in [5.74, 6) is -0.375. The van der Waals surface area contributed by atoms with Gasteiger partial charge in [0.05, 0.1) is 24.5 Å². The van der Waals surface area contributed by atoms with Gasteiger partial charge in [0.25, 0.3) is 5.56 Å². The minimum Gasteiger partial charge on any atom is -0.309 e. The number of nitrogens with zero attached hydrogens (tertiary/aromatic N) is 7. The van der Waals surface area contributed by atoms with Gasteiger partial charge in [0.1, 0.15) is 23.0 Å². The number of aromatic nitrogens is 7. The Morgan fingerprint density at radius 1 is 1.26 bits per heavy atom. The lowest BCUT2D eigenvalue weighted by atomic mass is 9.79. The van der Waals surface area contributed by atoms with Gasteiger partial charge >= 0.3 is 6.18 Å². The third-order valence-electron chi connectivity index (χ3n) is 6.11. The van der Waals surface area contributed by atoms with E-state index in [0.717, 1.165) is 18.5 Å². The van der Waals surface area contributed by atoms with E-state index in [9.17, 15) is 27.6 Å². The topological polar surface area (TPSA) is 118 Å². The molecule has 0 aliphatic heterocycles. The number of alkyl halides is 3. The lowest BCUT2D eigenvalue weighted by Gasteiger charge is -2.35. The zero-order chi connectivity index (χ0) is 24.2. The van der Waals surface area contributed by atoms with E-state index in [2.05, 4.69) is 25.1 Å². The second-order valence-electron chi connectivity index (χ2n) is 8.10. The van der Waals surface area contributed by atoms with Gasteiger partial charge in [-0.1, -0.05) is 6.07 Å². The normalized spacial score (nSPS) is 19.1. The van der Waals surface area contributed by atoms with E-state index in [0.29, 0.717) is 24.2 Å². The highest BCUT2D eigenvalue weighted by Crippen LogP contribution is 2.44. The third kappa shape index (κ3) is 3.51. The molecule has 0 saturated heterocycles. The highest BCUT2D eigenvalue weighted by Gasteiger charge is 2.37. The molecule has 13 heteroatoms. The molecule has 1 fully saturated rings. The van der Waals surface area contributed by atoms with Crippen LogP contribution in [0.2, 0.25) is 0 Å². The standard InChI is InChI=1S/C21H16F4N8O/c1-10(11-2-5-16(27-7-11)21(23,24)25)33-19-17(14(6-26)31-33)20(34)30-18(29-19)13-3-4-15(13)32-9-12(22)8-28-32/h2,5,7-10,13,15H,3-4H2,1H3,(H,29,30,34). The Bertz CT molecular complexity index is 1480. The van der Waals surface area contributed by atoms with Crippen LogP contribution in [0, 0.1) is 17.1 Å². The molecule has 4 aromatic rings. The Kier molecular flexibility index (Phi) is 4.96. The van der Waals surface area contributed by atoms with Gasteiger partial charge < -0.3 is 4.98 Å². The Morgan fingerprint density at radius 3 is 2.62 bits per heavy atom. The number of fused-ring (bicyclic) bond motifs is 1. The fourth-order valence-electron chi connectivity index (χ4n) is 4.16. The Morgan fingerprint density at radius 2 is 2.06 bits per heavy atom. The number of nitrogens with one attached hydrogen (secondary N) is 1. The zero-order valence-electron chi connectivity index (χ0n) is 17.6. The lowest BCUT2D eigenvalue weighted by molar-refractivity contribution is -0.141. The molecule has 9 nitrogen and oxygen atoms in total. The molecule has 3 atom stereocenters. The van der Waals surface area contributed by atoms with Crippen LogP contribution in [-0.4, -0.2) is 34.5 Å². The summed E-state index contributed by atoms with van der Waals surface area (Å²) in [7, 11) is 0. The van der Waals surface area contributed by atoms with Crippen LogP contribution >= 0.6 is 0 Å². The van der Waals surface area contributed by atoms with Gasteiger partial charge in [-0.25, -0.2) is 14.1 Å². The minimum absolute atomic E-state index is 0.0148. The van der Waals surface area contributed by atoms with Crippen LogP contribution in [0.15, 0.2) is 35.5 Å². The highest BCUT2D eigenvalue weighted by molar-refractivity contribution is 5.80. The predicted molar refractivity (Wildman–Crippen MR) is 109 cm³/mol. The van der Waals surface area contributed by atoms with Crippen molar-refractivity contribution < 1.29 is 17.6 Å². The van der Waals surface area contributed by atoms with Gasteiger partial charge in [-0.05, 0) is 31.4 Å². The summed E-state index contributed by atoms with van der Waals surface area (Å²) in [6, 6.07) is 3.12. The molecule has 4 heterocycles. The molecule has 0 aromatic carbocycles. The average Bonchev–Trinajstić information content (AvgIpc) is 3.35. The number of pyridine rings is 1. The second kappa shape index (κ2) is 7.75. The number of nitriles is 1. The Labute approximate surface area is 188 Å². The van der Waals surface area contributed by atoms with Crippen LogP contribution in [0.1, 0.15) is 60.5 Å². The molecular weight excluding hydrogens is 456 g/mol. The van der Waals surface area contributed by atoms with Crippen molar-refractivity contribution in [3.8, 4) is 6.07 Å². The van der Waals surface area contributed by atoms with E-state index < -0.39 is 29.3 Å². The summed E-state index contributed by atoms with van der Waals surface area (Å²) in [6.07, 6.45) is 0.264. The summed E-state index contributed by atoms with van der Waals surface area (Å²) in [4.78, 5) is 23.6. The van der Waals surface area contributed by atoms with Gasteiger partial charge in [-0.3, -0.25) is 14.5 Å². The van der Waals surface area contributed by atoms with Crippen molar-refractivity contribution in [2.45, 2.75) is 43.9 Å². The molecule has 1 saturated carbocycles. The third-order valence-corrected chi connectivity index (χ3v) is 6.11. The van der Waals surface area contributed by atoms with Gasteiger partial charge in [-0.15, -0.1) is 0 Å². The molecule has 0 spiro atoms. The van der Waals surface area contributed by atoms with Gasteiger partial charge in [0.15, 0.2) is 17.2 Å². The highest BCUT2D eigenvalue weighted by atomic mass is 19.4. The summed E-state index contributed by atoms with van der Waals surface area (Å²) in [6.45, 7) is 1.65. The predicted octanol–water partition coefficient (Wildman–Crippen LogP) is 3.47. The molecule has 0 radical (unpaired) electrons. The molecule has 174 valence electrons. The van der Waals surface area contributed by atoms with E-state index in [1.54, 1.807) is 6.92 Å². The number of H-pyrrole nitrogens is 1. The fourth-order valence-corrected chi connectivity index (χ4v) is 4.16. The van der Waals surface area contributed by atoms with Crippen molar-refractivity contribution in [3.63, 3.8) is 0 Å². The summed E-state index contributed by atoms with van der Waals surface area (Å²) in [5, 5.41) is 17.7. The Balaban J connectivity index is 1.57. The van der Waals surface area contributed by atoms with Gasteiger partial charge in [0, 0.05) is 12.1 Å². The molecule has 1 aliphatic rings. The molecule has 5 rings (SSSR count). The van der Waals surface area contributed by atoms with Crippen LogP contribution in [0.5, 0.6) is 0 Å². The minimum atomic E-state index is -4.57. The van der Waals surface area contributed by atoms with Crippen LogP contribution in [0.3, 0.4) is 0 Å². The fraction of sp³-hybridized carbons (Fsp3) is 0.333. The molecular formula is C21H16F4N8O. The van der Waals surface area contributed by atoms with Crippen molar-refractivity contribution in [2.24, 2.45) is 0 Å². The van der Waals surface area contributed by atoms with Crippen molar-refractivity contribution in [1.29, 1.82) is 5.26 Å². The first-order chi connectivity index (χ1) is 16.2. The number of aromatic amines is 1. The van der Waals surface area contributed by atoms with E-state index in [1.165, 1.54) is 21.6 Å². The second-order valence-corrected chi connectivity index (χ2v) is 8.10. The van der Waals surface area contributed by atoms with Crippen LogP contribution in [-0.2, 0) is 6.18 Å². The number of hydrogen-bond donors (Lipinski definition) is 1. The lowest BCUT2D eigenvalue weighted by Crippen LogP contribution is -2.30. The summed E-state index contributed by atoms with van der Waals surface area (Å²) in [5.41, 5.74) is -1.23. The van der Waals surface area contributed by atoms with E-state index in [4.69, 9.17) is 0 Å². The van der Waals surface area contributed by atoms with E-state index >= 15 is 0 Å². The van der Waals surface area contributed by atoms with Crippen molar-refractivity contribution in [1.82, 2.24) is 34.5 Å². The average molecular weight is 472 g/mol. The maximum absolute atomic E-state index is 13.4. The van der Waals surface area contributed by atoms with Crippen LogP contribution < -0.4 is 5.56 Å². The van der Waals surface area contributed by atoms with Gasteiger partial charge in [0.2, 0.25) is 0 Å². The van der Waals surface area contributed by atoms with E-state index in [1.807, 2.05) is 6.07 Å². The molecule has 0 amide bonds. The molecule has 34 heavy (non-hydrogen) atoms. The first-order valence-corrected chi connectivity index (χ1v) is 10.3. The van der Waals surface area contributed by atoms with Crippen molar-refractivity contribution in [2.75, 3.05) is 0 Å². The summed E-state index contributed by atoms with van der Waals surface area (Å²) >= 11 is 0. The number of rotatable bonds is 4. The maximum Gasteiger partial charge on any atom is 0.433 e. The number of hydrogen-bond acceptors (Lipinski definition) is 6. The van der Waals surface area contributed by atoms with E-state index in [-0.39, 0.29) is 28.7 Å². The molecule has 3 unspecified atom stereocenters. The quantitative estimate of drug-likeness (QED) is 0.455. The van der Waals surface area contributed by atoms with Crippen molar-refractivity contribution >= 4 is 11.0 Å². The molecule has 1 aliphatic carbocycles. The largest absolute Gasteiger partial charge is 0.433 e. The molecule has 1 N–H and O–H groups in total. The first-order valence-electron chi connectivity index (χ1n) is 10.3. The monoisotopic (exact) mass is 472 g/mol. The SMILES string of the molecule is CC(c1ccc(C(F)(F)F)nc1)n1nc(C#N)c2c(=O)[nH]c(C3CCC3n3cc(F)cn3)nc21. The summed E-state index contributed by atoms with van der Waals surface area (Å²) < 4.78 is 54.8.